The van der Waals surface area contributed by atoms with Crippen LogP contribution in [0.1, 0.15) is 12.7 Å². The number of amides is 1. The van der Waals surface area contributed by atoms with Gasteiger partial charge in [-0.25, -0.2) is 0 Å². The third-order valence-electron chi connectivity index (χ3n) is 1.77. The Bertz CT molecular complexity index is 421. The van der Waals surface area contributed by atoms with Crippen molar-refractivity contribution in [2.24, 2.45) is 4.99 Å². The summed E-state index contributed by atoms with van der Waals surface area (Å²) in [7, 11) is 0. The van der Waals surface area contributed by atoms with Gasteiger partial charge in [0.25, 0.3) is 5.91 Å². The molecule has 0 unspecified atom stereocenters. The largest absolute Gasteiger partial charge is 0.465 e. The smallest absolute Gasteiger partial charge is 0.264 e. The van der Waals surface area contributed by atoms with Crippen LogP contribution in [-0.2, 0) is 4.79 Å². The van der Waals surface area contributed by atoms with E-state index in [0.717, 1.165) is 0 Å². The maximum atomic E-state index is 11.5. The van der Waals surface area contributed by atoms with E-state index in [-0.39, 0.29) is 5.91 Å². The Hall–Kier alpha value is -1.49. The highest BCUT2D eigenvalue weighted by Crippen LogP contribution is 2.25. The first-order valence-electron chi connectivity index (χ1n) is 4.58. The van der Waals surface area contributed by atoms with E-state index in [9.17, 15) is 4.79 Å². The lowest BCUT2D eigenvalue weighted by Crippen LogP contribution is -2.19. The molecule has 1 aliphatic rings. The number of nitrogens with zero attached hydrogens (tertiary/aromatic N) is 1. The normalized spacial score (nSPS) is 21.3. The molecule has 1 aliphatic heterocycles. The summed E-state index contributed by atoms with van der Waals surface area (Å²) in [5, 5.41) is 3.33. The molecule has 1 N–H and O–H groups in total. The van der Waals surface area contributed by atoms with E-state index in [1.165, 1.54) is 11.8 Å². The fourth-order valence-corrected chi connectivity index (χ4v) is 2.01. The van der Waals surface area contributed by atoms with Crippen LogP contribution in [-0.4, -0.2) is 17.6 Å². The number of rotatable bonds is 2. The van der Waals surface area contributed by atoms with Crippen molar-refractivity contribution in [3.05, 3.63) is 29.1 Å². The minimum absolute atomic E-state index is 0.122. The zero-order valence-corrected chi connectivity index (χ0v) is 9.00. The van der Waals surface area contributed by atoms with Crippen LogP contribution in [0.3, 0.4) is 0 Å². The molecular weight excluding hydrogens is 212 g/mol. The van der Waals surface area contributed by atoms with Crippen molar-refractivity contribution < 1.29 is 9.21 Å². The molecule has 15 heavy (non-hydrogen) atoms. The number of carbonyl (C=O) groups excluding carboxylic acids is 1. The molecule has 0 radical (unpaired) electrons. The Morgan fingerprint density at radius 2 is 2.53 bits per heavy atom. The predicted octanol–water partition coefficient (Wildman–Crippen LogP) is 1.86. The van der Waals surface area contributed by atoms with Gasteiger partial charge in [-0.2, -0.15) is 0 Å². The highest BCUT2D eigenvalue weighted by atomic mass is 32.2. The first-order chi connectivity index (χ1) is 7.29. The lowest BCUT2D eigenvalue weighted by Gasteiger charge is -1.89. The van der Waals surface area contributed by atoms with Gasteiger partial charge in [0.05, 0.1) is 11.2 Å². The Morgan fingerprint density at radius 3 is 3.20 bits per heavy atom. The van der Waals surface area contributed by atoms with Crippen LogP contribution in [0.4, 0.5) is 0 Å². The number of aliphatic imine (C=N–C) groups is 1. The van der Waals surface area contributed by atoms with Crippen molar-refractivity contribution in [2.75, 3.05) is 6.54 Å². The van der Waals surface area contributed by atoms with E-state index in [0.29, 0.717) is 22.4 Å². The van der Waals surface area contributed by atoms with Gasteiger partial charge in [-0.3, -0.25) is 9.79 Å². The molecule has 0 aromatic carbocycles. The van der Waals surface area contributed by atoms with E-state index in [4.69, 9.17) is 4.42 Å². The van der Waals surface area contributed by atoms with Crippen LogP contribution in [0.25, 0.3) is 6.08 Å². The van der Waals surface area contributed by atoms with Crippen molar-refractivity contribution in [1.29, 1.82) is 0 Å². The SMILES string of the molecule is CCN=C1NC(=O)/C(=C/c2ccco2)S1. The molecule has 0 saturated carbocycles. The molecule has 4 nitrogen and oxygen atoms in total. The lowest BCUT2D eigenvalue weighted by molar-refractivity contribution is -0.115. The highest BCUT2D eigenvalue weighted by Gasteiger charge is 2.23. The first-order valence-corrected chi connectivity index (χ1v) is 5.40. The average Bonchev–Trinajstić information content (AvgIpc) is 2.79. The second-order valence-corrected chi connectivity index (χ2v) is 3.89. The molecule has 1 fully saturated rings. The topological polar surface area (TPSA) is 54.6 Å². The Balaban J connectivity index is 2.18. The third kappa shape index (κ3) is 2.30. The van der Waals surface area contributed by atoms with Gasteiger partial charge >= 0.3 is 0 Å². The molecule has 2 heterocycles. The van der Waals surface area contributed by atoms with Gasteiger partial charge in [-0.1, -0.05) is 0 Å². The van der Waals surface area contributed by atoms with E-state index in [1.807, 2.05) is 6.92 Å². The van der Waals surface area contributed by atoms with E-state index in [1.54, 1.807) is 24.5 Å². The van der Waals surface area contributed by atoms with Crippen LogP contribution < -0.4 is 5.32 Å². The summed E-state index contributed by atoms with van der Waals surface area (Å²) >= 11 is 1.33. The molecule has 1 aromatic heterocycles. The molecule has 0 atom stereocenters. The van der Waals surface area contributed by atoms with Crippen LogP contribution in [0.5, 0.6) is 0 Å². The second-order valence-electron chi connectivity index (χ2n) is 2.86. The van der Waals surface area contributed by atoms with Crippen molar-refractivity contribution in [2.45, 2.75) is 6.92 Å². The third-order valence-corrected chi connectivity index (χ3v) is 2.72. The summed E-state index contributed by atoms with van der Waals surface area (Å²) < 4.78 is 5.13. The number of carbonyl (C=O) groups is 1. The number of hydrogen-bond donors (Lipinski definition) is 1. The van der Waals surface area contributed by atoms with Crippen LogP contribution >= 0.6 is 11.8 Å². The molecular formula is C10H10N2O2S. The summed E-state index contributed by atoms with van der Waals surface area (Å²) in [5.74, 6) is 0.550. The average molecular weight is 222 g/mol. The molecule has 0 bridgehead atoms. The van der Waals surface area contributed by atoms with E-state index < -0.39 is 0 Å². The monoisotopic (exact) mass is 222 g/mol. The Labute approximate surface area is 91.4 Å². The summed E-state index contributed by atoms with van der Waals surface area (Å²) in [6.45, 7) is 2.59. The first kappa shape index (κ1) is 10.0. The zero-order chi connectivity index (χ0) is 10.7. The second kappa shape index (κ2) is 4.35. The minimum Gasteiger partial charge on any atom is -0.465 e. The van der Waals surface area contributed by atoms with Gasteiger partial charge in [0.1, 0.15) is 5.76 Å². The van der Waals surface area contributed by atoms with Gasteiger partial charge in [-0.05, 0) is 30.8 Å². The van der Waals surface area contributed by atoms with Crippen LogP contribution in [0, 0.1) is 0 Å². The summed E-state index contributed by atoms with van der Waals surface area (Å²) in [6.07, 6.45) is 3.28. The number of furan rings is 1. The van der Waals surface area contributed by atoms with Gasteiger partial charge in [-0.15, -0.1) is 0 Å². The number of thioether (sulfide) groups is 1. The molecule has 1 aromatic rings. The Morgan fingerprint density at radius 1 is 1.67 bits per heavy atom. The standard InChI is InChI=1S/C10H10N2O2S/c1-2-11-10-12-9(13)8(15-10)6-7-4-3-5-14-7/h3-6H,2H2,1H3,(H,11,12,13)/b8-6-. The van der Waals surface area contributed by atoms with Crippen molar-refractivity contribution in [3.63, 3.8) is 0 Å². The maximum Gasteiger partial charge on any atom is 0.264 e. The molecule has 2 rings (SSSR count). The van der Waals surface area contributed by atoms with E-state index >= 15 is 0 Å². The quantitative estimate of drug-likeness (QED) is 0.777. The number of amidine groups is 1. The van der Waals surface area contributed by atoms with Gasteiger partial charge in [0.15, 0.2) is 5.17 Å². The zero-order valence-electron chi connectivity index (χ0n) is 8.19. The van der Waals surface area contributed by atoms with Crippen LogP contribution in [0.15, 0.2) is 32.7 Å². The molecule has 1 saturated heterocycles. The van der Waals surface area contributed by atoms with Gasteiger partial charge < -0.3 is 9.73 Å². The summed E-state index contributed by atoms with van der Waals surface area (Å²) in [6, 6.07) is 3.58. The highest BCUT2D eigenvalue weighted by molar-refractivity contribution is 8.18. The Kier molecular flexibility index (Phi) is 2.91. The molecule has 0 aliphatic carbocycles. The van der Waals surface area contributed by atoms with Crippen molar-refractivity contribution in [1.82, 2.24) is 5.32 Å². The van der Waals surface area contributed by atoms with Gasteiger partial charge in [0, 0.05) is 12.6 Å². The van der Waals surface area contributed by atoms with Crippen molar-refractivity contribution >= 4 is 28.9 Å². The molecule has 5 heteroatoms. The van der Waals surface area contributed by atoms with Crippen molar-refractivity contribution in [3.8, 4) is 0 Å². The minimum atomic E-state index is -0.122. The number of nitrogens with one attached hydrogen (secondary N) is 1. The maximum absolute atomic E-state index is 11.5. The molecule has 0 spiro atoms. The van der Waals surface area contributed by atoms with Crippen LogP contribution in [0.2, 0.25) is 0 Å². The predicted molar refractivity (Wildman–Crippen MR) is 60.4 cm³/mol. The fraction of sp³-hybridized carbons (Fsp3) is 0.200. The summed E-state index contributed by atoms with van der Waals surface area (Å²) in [5.41, 5.74) is 0. The molecule has 1 amide bonds. The van der Waals surface area contributed by atoms with Gasteiger partial charge in [0.2, 0.25) is 0 Å². The number of hydrogen-bond acceptors (Lipinski definition) is 4. The summed E-state index contributed by atoms with van der Waals surface area (Å²) in [4.78, 5) is 16.2. The lowest BCUT2D eigenvalue weighted by atomic mass is 10.4. The molecule has 78 valence electrons. The van der Waals surface area contributed by atoms with E-state index in [2.05, 4.69) is 10.3 Å². The fourth-order valence-electron chi connectivity index (χ4n) is 1.15.